The van der Waals surface area contributed by atoms with E-state index in [2.05, 4.69) is 51.6 Å². The van der Waals surface area contributed by atoms with E-state index in [-0.39, 0.29) is 6.10 Å². The van der Waals surface area contributed by atoms with Crippen molar-refractivity contribution in [1.82, 2.24) is 25.1 Å². The molecule has 1 aliphatic rings. The summed E-state index contributed by atoms with van der Waals surface area (Å²) in [6.45, 7) is 3.00. The Balaban J connectivity index is 1.41. The number of rotatable bonds is 5. The molecule has 3 heterocycles. The second kappa shape index (κ2) is 7.84. The van der Waals surface area contributed by atoms with E-state index in [9.17, 15) is 0 Å². The highest BCUT2D eigenvalue weighted by molar-refractivity contribution is 5.62. The van der Waals surface area contributed by atoms with Gasteiger partial charge in [-0.15, -0.1) is 5.10 Å². The van der Waals surface area contributed by atoms with Gasteiger partial charge in [-0.05, 0) is 24.6 Å². The molecule has 0 amide bonds. The SMILES string of the molecule is COc1cc(OC)cc(-c2nc(-c3nnn4c3CO[C@@H](c3ccc(C)cc3)C4)no2)c1. The third-order valence-corrected chi connectivity index (χ3v) is 5.28. The third-order valence-electron chi connectivity index (χ3n) is 5.28. The molecule has 9 nitrogen and oxygen atoms in total. The summed E-state index contributed by atoms with van der Waals surface area (Å²) >= 11 is 0. The van der Waals surface area contributed by atoms with Gasteiger partial charge in [-0.1, -0.05) is 40.2 Å². The quantitative estimate of drug-likeness (QED) is 0.484. The lowest BCUT2D eigenvalue weighted by atomic mass is 10.1. The summed E-state index contributed by atoms with van der Waals surface area (Å²) in [5.74, 6) is 1.95. The summed E-state index contributed by atoms with van der Waals surface area (Å²) in [5.41, 5.74) is 4.38. The second-order valence-electron chi connectivity index (χ2n) is 7.30. The first kappa shape index (κ1) is 19.3. The zero-order valence-corrected chi connectivity index (χ0v) is 17.4. The smallest absolute Gasteiger partial charge is 0.258 e. The van der Waals surface area contributed by atoms with Crippen LogP contribution in [0.4, 0.5) is 0 Å². The van der Waals surface area contributed by atoms with Crippen LogP contribution in [0.15, 0.2) is 47.0 Å². The highest BCUT2D eigenvalue weighted by atomic mass is 16.5. The van der Waals surface area contributed by atoms with Gasteiger partial charge < -0.3 is 18.7 Å². The highest BCUT2D eigenvalue weighted by Crippen LogP contribution is 2.32. The predicted molar refractivity (Wildman–Crippen MR) is 111 cm³/mol. The molecule has 0 unspecified atom stereocenters. The minimum Gasteiger partial charge on any atom is -0.497 e. The van der Waals surface area contributed by atoms with Gasteiger partial charge in [0.25, 0.3) is 5.89 Å². The summed E-state index contributed by atoms with van der Waals surface area (Å²) < 4.78 is 24.0. The van der Waals surface area contributed by atoms with Crippen LogP contribution in [0.1, 0.15) is 22.9 Å². The zero-order chi connectivity index (χ0) is 21.4. The Kier molecular flexibility index (Phi) is 4.87. The van der Waals surface area contributed by atoms with Crippen LogP contribution in [0.2, 0.25) is 0 Å². The normalized spacial score (nSPS) is 15.5. The Morgan fingerprint density at radius 2 is 1.77 bits per heavy atom. The highest BCUT2D eigenvalue weighted by Gasteiger charge is 2.27. The Bertz CT molecular complexity index is 1190. The van der Waals surface area contributed by atoms with Crippen LogP contribution in [0.5, 0.6) is 11.5 Å². The average Bonchev–Trinajstić information content (AvgIpc) is 3.46. The van der Waals surface area contributed by atoms with Gasteiger partial charge in [-0.2, -0.15) is 4.98 Å². The average molecular weight is 419 g/mol. The van der Waals surface area contributed by atoms with Crippen LogP contribution in [0, 0.1) is 6.92 Å². The van der Waals surface area contributed by atoms with E-state index >= 15 is 0 Å². The van der Waals surface area contributed by atoms with Gasteiger partial charge in [0.2, 0.25) is 5.82 Å². The minimum absolute atomic E-state index is 0.0762. The number of aromatic nitrogens is 5. The maximum atomic E-state index is 6.08. The molecule has 0 aliphatic carbocycles. The van der Waals surface area contributed by atoms with E-state index in [4.69, 9.17) is 18.7 Å². The van der Waals surface area contributed by atoms with Gasteiger partial charge in [0, 0.05) is 11.6 Å². The molecule has 0 saturated heterocycles. The minimum atomic E-state index is -0.0762. The van der Waals surface area contributed by atoms with Crippen molar-refractivity contribution in [3.8, 4) is 34.5 Å². The van der Waals surface area contributed by atoms with Gasteiger partial charge in [0.15, 0.2) is 5.69 Å². The molecule has 0 radical (unpaired) electrons. The van der Waals surface area contributed by atoms with E-state index in [1.807, 2.05) is 4.68 Å². The molecular weight excluding hydrogens is 398 g/mol. The number of hydrogen-bond donors (Lipinski definition) is 0. The van der Waals surface area contributed by atoms with Crippen molar-refractivity contribution >= 4 is 0 Å². The van der Waals surface area contributed by atoms with Crippen molar-refractivity contribution in [2.24, 2.45) is 0 Å². The lowest BCUT2D eigenvalue weighted by molar-refractivity contribution is -0.00112. The monoisotopic (exact) mass is 419 g/mol. The molecule has 0 bridgehead atoms. The number of methoxy groups -OCH3 is 2. The molecule has 2 aromatic heterocycles. The van der Waals surface area contributed by atoms with E-state index in [0.717, 1.165) is 11.3 Å². The van der Waals surface area contributed by atoms with Crippen LogP contribution in [0.3, 0.4) is 0 Å². The molecule has 0 fully saturated rings. The van der Waals surface area contributed by atoms with Gasteiger partial charge in [0.05, 0.1) is 33.1 Å². The molecule has 0 saturated carbocycles. The van der Waals surface area contributed by atoms with E-state index in [1.54, 1.807) is 32.4 Å². The maximum absolute atomic E-state index is 6.08. The standard InChI is InChI=1S/C22H21N5O4/c1-13-4-6-14(7-5-13)19-11-27-18(12-30-19)20(24-26-27)21-23-22(31-25-21)15-8-16(28-2)10-17(9-15)29-3/h4-10,19H,11-12H2,1-3H3/t19-/m1/s1. The topological polar surface area (TPSA) is 97.3 Å². The number of benzene rings is 2. The first-order chi connectivity index (χ1) is 15.1. The number of hydrogen-bond acceptors (Lipinski definition) is 8. The molecular formula is C22H21N5O4. The lowest BCUT2D eigenvalue weighted by Gasteiger charge is -2.24. The van der Waals surface area contributed by atoms with Crippen molar-refractivity contribution in [1.29, 1.82) is 0 Å². The number of aryl methyl sites for hydroxylation is 1. The lowest BCUT2D eigenvalue weighted by Crippen LogP contribution is -2.22. The summed E-state index contributed by atoms with van der Waals surface area (Å²) in [6, 6.07) is 13.7. The summed E-state index contributed by atoms with van der Waals surface area (Å²) in [4.78, 5) is 4.51. The molecule has 0 N–H and O–H groups in total. The molecule has 2 aromatic carbocycles. The molecule has 158 valence electrons. The van der Waals surface area contributed by atoms with Crippen LogP contribution in [-0.2, 0) is 17.9 Å². The number of nitrogens with zero attached hydrogens (tertiary/aromatic N) is 5. The van der Waals surface area contributed by atoms with Crippen molar-refractivity contribution < 1.29 is 18.7 Å². The predicted octanol–water partition coefficient (Wildman–Crippen LogP) is 3.59. The summed E-state index contributed by atoms with van der Waals surface area (Å²) in [6.07, 6.45) is -0.0762. The van der Waals surface area contributed by atoms with Crippen LogP contribution in [-0.4, -0.2) is 39.4 Å². The summed E-state index contributed by atoms with van der Waals surface area (Å²) in [7, 11) is 3.18. The molecule has 5 rings (SSSR count). The first-order valence-corrected chi connectivity index (χ1v) is 9.82. The Labute approximate surface area is 178 Å². The van der Waals surface area contributed by atoms with E-state index < -0.39 is 0 Å². The number of ether oxygens (including phenoxy) is 3. The molecule has 4 aromatic rings. The van der Waals surface area contributed by atoms with Crippen LogP contribution < -0.4 is 9.47 Å². The van der Waals surface area contributed by atoms with Gasteiger partial charge in [-0.3, -0.25) is 0 Å². The Morgan fingerprint density at radius 3 is 2.48 bits per heavy atom. The fourth-order valence-electron chi connectivity index (χ4n) is 3.54. The van der Waals surface area contributed by atoms with Gasteiger partial charge >= 0.3 is 0 Å². The molecule has 31 heavy (non-hydrogen) atoms. The van der Waals surface area contributed by atoms with Crippen molar-refractivity contribution in [2.75, 3.05) is 14.2 Å². The van der Waals surface area contributed by atoms with Crippen LogP contribution >= 0.6 is 0 Å². The van der Waals surface area contributed by atoms with Crippen LogP contribution in [0.25, 0.3) is 23.0 Å². The maximum Gasteiger partial charge on any atom is 0.258 e. The fourth-order valence-corrected chi connectivity index (χ4v) is 3.54. The van der Waals surface area contributed by atoms with E-state index in [1.165, 1.54) is 5.56 Å². The fraction of sp³-hybridized carbons (Fsp3) is 0.273. The Hall–Kier alpha value is -3.72. The van der Waals surface area contributed by atoms with E-state index in [0.29, 0.717) is 47.6 Å². The van der Waals surface area contributed by atoms with Gasteiger partial charge in [-0.25, -0.2) is 4.68 Å². The molecule has 9 heteroatoms. The molecule has 1 atom stereocenters. The number of fused-ring (bicyclic) bond motifs is 1. The largest absolute Gasteiger partial charge is 0.497 e. The molecule has 1 aliphatic heterocycles. The van der Waals surface area contributed by atoms with Crippen molar-refractivity contribution in [2.45, 2.75) is 26.2 Å². The third kappa shape index (κ3) is 3.64. The molecule has 0 spiro atoms. The van der Waals surface area contributed by atoms with Gasteiger partial charge in [0.1, 0.15) is 17.6 Å². The second-order valence-corrected chi connectivity index (χ2v) is 7.30. The zero-order valence-electron chi connectivity index (χ0n) is 17.4. The summed E-state index contributed by atoms with van der Waals surface area (Å²) in [5, 5.41) is 12.7. The van der Waals surface area contributed by atoms with Crippen molar-refractivity contribution in [3.05, 3.63) is 59.3 Å². The first-order valence-electron chi connectivity index (χ1n) is 9.82. The Morgan fingerprint density at radius 1 is 1.03 bits per heavy atom. The van der Waals surface area contributed by atoms with Crippen molar-refractivity contribution in [3.63, 3.8) is 0 Å².